The van der Waals surface area contributed by atoms with Gasteiger partial charge in [-0.1, -0.05) is 39.3 Å². The van der Waals surface area contributed by atoms with Gasteiger partial charge >= 0.3 is 0 Å². The first-order valence-electron chi connectivity index (χ1n) is 7.37. The van der Waals surface area contributed by atoms with Crippen molar-refractivity contribution in [3.8, 4) is 0 Å². The molecule has 0 fully saturated rings. The number of hydrazine groups is 1. The van der Waals surface area contributed by atoms with Crippen molar-refractivity contribution in [3.05, 3.63) is 22.8 Å². The van der Waals surface area contributed by atoms with Crippen LogP contribution in [0.3, 0.4) is 0 Å². The minimum atomic E-state index is 0.560. The molecule has 0 radical (unpaired) electrons. The molecular weight excluding hydrogens is 272 g/mol. The highest BCUT2D eigenvalue weighted by Gasteiger charge is 2.18. The van der Waals surface area contributed by atoms with Crippen LogP contribution in [0.15, 0.2) is 12.1 Å². The Morgan fingerprint density at radius 2 is 1.95 bits per heavy atom. The van der Waals surface area contributed by atoms with E-state index < -0.39 is 0 Å². The number of nitrogens with zero attached hydrogens (tertiary/aromatic N) is 2. The van der Waals surface area contributed by atoms with Crippen LogP contribution in [0.2, 0.25) is 5.02 Å². The standard InChI is InChI=1S/C15H27ClN4/c1-5-12(6-2)20(9-11(3)4)10-14-13(16)7-8-15(18-14)19-17/h7-8,11-12H,5-6,9-10,17H2,1-4H3,(H,18,19). The number of rotatable bonds is 8. The Balaban J connectivity index is 2.93. The molecule has 114 valence electrons. The quantitative estimate of drug-likeness (QED) is 0.568. The summed E-state index contributed by atoms with van der Waals surface area (Å²) in [6.07, 6.45) is 2.27. The second kappa shape index (κ2) is 8.45. The van der Waals surface area contributed by atoms with E-state index in [2.05, 4.69) is 43.0 Å². The third kappa shape index (κ3) is 4.93. The van der Waals surface area contributed by atoms with Crippen LogP contribution in [-0.4, -0.2) is 22.5 Å². The Morgan fingerprint density at radius 3 is 2.45 bits per heavy atom. The number of nitrogen functional groups attached to an aromatic ring is 1. The Kier molecular flexibility index (Phi) is 7.27. The first-order valence-corrected chi connectivity index (χ1v) is 7.75. The fourth-order valence-corrected chi connectivity index (χ4v) is 2.65. The summed E-state index contributed by atoms with van der Waals surface area (Å²) in [5, 5.41) is 0.698. The van der Waals surface area contributed by atoms with Gasteiger partial charge in [-0.05, 0) is 30.9 Å². The predicted molar refractivity (Wildman–Crippen MR) is 86.7 cm³/mol. The Morgan fingerprint density at radius 1 is 1.30 bits per heavy atom. The van der Waals surface area contributed by atoms with E-state index in [0.717, 1.165) is 31.6 Å². The number of nitrogens with one attached hydrogen (secondary N) is 1. The van der Waals surface area contributed by atoms with Crippen molar-refractivity contribution in [2.75, 3.05) is 12.0 Å². The normalized spacial score (nSPS) is 11.7. The number of hydrogen-bond donors (Lipinski definition) is 2. The van der Waals surface area contributed by atoms with Crippen LogP contribution in [0.4, 0.5) is 5.82 Å². The van der Waals surface area contributed by atoms with E-state index in [-0.39, 0.29) is 0 Å². The molecule has 0 aliphatic rings. The van der Waals surface area contributed by atoms with Crippen LogP contribution in [0, 0.1) is 5.92 Å². The van der Waals surface area contributed by atoms with Crippen molar-refractivity contribution < 1.29 is 0 Å². The number of pyridine rings is 1. The van der Waals surface area contributed by atoms with Gasteiger partial charge in [0.1, 0.15) is 5.82 Å². The molecule has 0 aromatic carbocycles. The van der Waals surface area contributed by atoms with Crippen molar-refractivity contribution >= 4 is 17.4 Å². The highest BCUT2D eigenvalue weighted by atomic mass is 35.5. The van der Waals surface area contributed by atoms with Crippen LogP contribution in [0.25, 0.3) is 0 Å². The molecule has 0 saturated carbocycles. The first kappa shape index (κ1) is 17.2. The van der Waals surface area contributed by atoms with Crippen molar-refractivity contribution in [2.45, 2.75) is 53.1 Å². The third-order valence-electron chi connectivity index (χ3n) is 3.48. The molecule has 3 N–H and O–H groups in total. The van der Waals surface area contributed by atoms with E-state index in [9.17, 15) is 0 Å². The van der Waals surface area contributed by atoms with Gasteiger partial charge in [0.25, 0.3) is 0 Å². The summed E-state index contributed by atoms with van der Waals surface area (Å²) in [5.41, 5.74) is 3.46. The second-order valence-electron chi connectivity index (χ2n) is 5.56. The van der Waals surface area contributed by atoms with E-state index >= 15 is 0 Å². The highest BCUT2D eigenvalue weighted by molar-refractivity contribution is 6.31. The molecule has 0 unspecified atom stereocenters. The summed E-state index contributed by atoms with van der Waals surface area (Å²) in [6.45, 7) is 10.7. The van der Waals surface area contributed by atoms with Crippen LogP contribution in [0.5, 0.6) is 0 Å². The predicted octanol–water partition coefficient (Wildman–Crippen LogP) is 3.67. The van der Waals surface area contributed by atoms with Crippen LogP contribution >= 0.6 is 11.6 Å². The van der Waals surface area contributed by atoms with Gasteiger partial charge in [0.05, 0.1) is 10.7 Å². The summed E-state index contributed by atoms with van der Waals surface area (Å²) in [7, 11) is 0. The van der Waals surface area contributed by atoms with E-state index in [1.165, 1.54) is 0 Å². The molecule has 0 amide bonds. The van der Waals surface area contributed by atoms with Gasteiger partial charge in [-0.25, -0.2) is 10.8 Å². The lowest BCUT2D eigenvalue weighted by molar-refractivity contribution is 0.155. The number of nitrogens with two attached hydrogens (primary N) is 1. The second-order valence-corrected chi connectivity index (χ2v) is 5.97. The largest absolute Gasteiger partial charge is 0.308 e. The molecule has 0 spiro atoms. The van der Waals surface area contributed by atoms with E-state index in [1.807, 2.05) is 6.07 Å². The van der Waals surface area contributed by atoms with E-state index in [4.69, 9.17) is 17.4 Å². The molecule has 5 heteroatoms. The van der Waals surface area contributed by atoms with Crippen LogP contribution < -0.4 is 11.3 Å². The Hall–Kier alpha value is -0.840. The van der Waals surface area contributed by atoms with E-state index in [1.54, 1.807) is 6.07 Å². The van der Waals surface area contributed by atoms with Crippen molar-refractivity contribution in [2.24, 2.45) is 11.8 Å². The molecule has 1 aromatic heterocycles. The molecular formula is C15H27ClN4. The lowest BCUT2D eigenvalue weighted by Gasteiger charge is -2.32. The maximum atomic E-state index is 6.27. The maximum Gasteiger partial charge on any atom is 0.140 e. The van der Waals surface area contributed by atoms with Gasteiger partial charge in [-0.3, -0.25) is 4.90 Å². The molecule has 20 heavy (non-hydrogen) atoms. The number of aromatic nitrogens is 1. The molecule has 0 atom stereocenters. The van der Waals surface area contributed by atoms with Crippen LogP contribution in [0.1, 0.15) is 46.2 Å². The van der Waals surface area contributed by atoms with Crippen molar-refractivity contribution in [1.82, 2.24) is 9.88 Å². The molecule has 4 nitrogen and oxygen atoms in total. The van der Waals surface area contributed by atoms with Gasteiger partial charge in [0, 0.05) is 19.1 Å². The summed E-state index contributed by atoms with van der Waals surface area (Å²) in [5.74, 6) is 6.69. The average Bonchev–Trinajstić information content (AvgIpc) is 2.41. The lowest BCUT2D eigenvalue weighted by atomic mass is 10.1. The average molecular weight is 299 g/mol. The zero-order valence-electron chi connectivity index (χ0n) is 13.0. The molecule has 1 aromatic rings. The smallest absolute Gasteiger partial charge is 0.140 e. The first-order chi connectivity index (χ1) is 9.51. The molecule has 0 aliphatic carbocycles. The molecule has 0 aliphatic heterocycles. The highest BCUT2D eigenvalue weighted by Crippen LogP contribution is 2.21. The molecule has 0 saturated heterocycles. The summed E-state index contributed by atoms with van der Waals surface area (Å²) in [6, 6.07) is 4.19. The zero-order valence-corrected chi connectivity index (χ0v) is 13.7. The minimum Gasteiger partial charge on any atom is -0.308 e. The summed E-state index contributed by atoms with van der Waals surface area (Å²) < 4.78 is 0. The van der Waals surface area contributed by atoms with Crippen LogP contribution in [-0.2, 0) is 6.54 Å². The topological polar surface area (TPSA) is 54.2 Å². The zero-order chi connectivity index (χ0) is 15.1. The monoisotopic (exact) mass is 298 g/mol. The molecule has 1 heterocycles. The minimum absolute atomic E-state index is 0.560. The number of hydrogen-bond acceptors (Lipinski definition) is 4. The SMILES string of the molecule is CCC(CC)N(Cc1nc(NN)ccc1Cl)CC(C)C. The van der Waals surface area contributed by atoms with Gasteiger partial charge in [0.2, 0.25) is 0 Å². The number of anilines is 1. The molecule has 0 bridgehead atoms. The number of halogens is 1. The van der Waals surface area contributed by atoms with Crippen molar-refractivity contribution in [3.63, 3.8) is 0 Å². The lowest BCUT2D eigenvalue weighted by Crippen LogP contribution is -2.37. The fraction of sp³-hybridized carbons (Fsp3) is 0.667. The summed E-state index contributed by atoms with van der Waals surface area (Å²) in [4.78, 5) is 6.95. The van der Waals surface area contributed by atoms with Gasteiger partial charge < -0.3 is 5.43 Å². The molecule has 1 rings (SSSR count). The maximum absolute atomic E-state index is 6.27. The van der Waals surface area contributed by atoms with Gasteiger partial charge in [0.15, 0.2) is 0 Å². The fourth-order valence-electron chi connectivity index (χ4n) is 2.48. The Bertz CT molecular complexity index is 405. The van der Waals surface area contributed by atoms with Gasteiger partial charge in [-0.15, -0.1) is 0 Å². The third-order valence-corrected chi connectivity index (χ3v) is 3.82. The van der Waals surface area contributed by atoms with Gasteiger partial charge in [-0.2, -0.15) is 0 Å². The van der Waals surface area contributed by atoms with E-state index in [0.29, 0.717) is 22.8 Å². The Labute approximate surface area is 127 Å². The summed E-state index contributed by atoms with van der Waals surface area (Å²) >= 11 is 6.27. The van der Waals surface area contributed by atoms with Crippen molar-refractivity contribution in [1.29, 1.82) is 0 Å².